The number of anilines is 5. The highest BCUT2D eigenvalue weighted by molar-refractivity contribution is 7.24. The minimum atomic E-state index is -2.77. The third kappa shape index (κ3) is 3.99. The zero-order valence-corrected chi connectivity index (χ0v) is 35.7. The zero-order chi connectivity index (χ0) is 40.9. The van der Waals surface area contributed by atoms with Gasteiger partial charge in [0.15, 0.2) is 8.07 Å². The van der Waals surface area contributed by atoms with Gasteiger partial charge in [0.1, 0.15) is 0 Å². The van der Waals surface area contributed by atoms with Crippen LogP contribution >= 0.6 is 0 Å². The number of benzene rings is 9. The van der Waals surface area contributed by atoms with Crippen LogP contribution in [0.1, 0.15) is 47.6 Å². The van der Waals surface area contributed by atoms with Gasteiger partial charge in [-0.1, -0.05) is 202 Å². The van der Waals surface area contributed by atoms with Crippen LogP contribution in [-0.4, -0.2) is 14.9 Å². The number of rotatable bonds is 3. The summed E-state index contributed by atoms with van der Waals surface area (Å²) in [5.41, 5.74) is 20.8. The van der Waals surface area contributed by atoms with Gasteiger partial charge in [-0.05, 0) is 100 Å². The maximum Gasteiger partial charge on any atom is 0.333 e. The second-order valence-corrected chi connectivity index (χ2v) is 21.7. The molecule has 0 fully saturated rings. The molecule has 5 heterocycles. The Hall–Kier alpha value is -7.14. The van der Waals surface area contributed by atoms with Gasteiger partial charge < -0.3 is 9.71 Å². The Morgan fingerprint density at radius 2 is 0.984 bits per heavy atom. The summed E-state index contributed by atoms with van der Waals surface area (Å²) in [6.07, 6.45) is 0. The van der Waals surface area contributed by atoms with Gasteiger partial charge >= 0.3 is 6.85 Å². The van der Waals surface area contributed by atoms with Crippen molar-refractivity contribution in [2.45, 2.75) is 25.2 Å². The molecule has 0 aliphatic carbocycles. The van der Waals surface area contributed by atoms with Crippen LogP contribution in [0.3, 0.4) is 0 Å². The van der Waals surface area contributed by atoms with Crippen LogP contribution in [0.2, 0.25) is 0 Å². The first kappa shape index (κ1) is 34.6. The van der Waals surface area contributed by atoms with Crippen molar-refractivity contribution in [1.82, 2.24) is 0 Å². The molecule has 0 saturated heterocycles. The van der Waals surface area contributed by atoms with E-state index >= 15 is 0 Å². The summed E-state index contributed by atoms with van der Waals surface area (Å²) < 4.78 is 0. The average molecular weight is 805 g/mol. The second kappa shape index (κ2) is 12.2. The van der Waals surface area contributed by atoms with Crippen LogP contribution in [0.15, 0.2) is 206 Å². The molecule has 9 aromatic rings. The van der Waals surface area contributed by atoms with E-state index < -0.39 is 13.5 Å². The SMILES string of the molecule is CC(C)c1cc2c3c(c1)N1c4ccccc4C(c4ccccc4)(c4ccccc4)c4cccc(c41)B3N1c3ccccc3[Si]3(c4ccccc4-c4ccccc43)c3cccc-2c31. The monoisotopic (exact) mass is 804 g/mol. The molecule has 0 unspecified atom stereocenters. The first-order valence-corrected chi connectivity index (χ1v) is 24.2. The molecular formula is C58H41BN2Si. The number of fused-ring (bicyclic) bond motifs is 15. The van der Waals surface area contributed by atoms with Gasteiger partial charge in [0.25, 0.3) is 0 Å². The lowest BCUT2D eigenvalue weighted by molar-refractivity contribution is 0.732. The Morgan fingerprint density at radius 3 is 1.68 bits per heavy atom. The Balaban J connectivity index is 1.16. The molecule has 0 amide bonds. The van der Waals surface area contributed by atoms with E-state index in [1.807, 2.05) is 0 Å². The van der Waals surface area contributed by atoms with Gasteiger partial charge in [-0.25, -0.2) is 0 Å². The first-order chi connectivity index (χ1) is 30.6. The lowest BCUT2D eigenvalue weighted by Crippen LogP contribution is -2.78. The molecule has 0 bridgehead atoms. The number of nitrogens with zero attached hydrogens (tertiary/aromatic N) is 2. The standard InChI is InChI=1S/C58H41BN2Si/c1-37(2)38-35-44-43-25-17-34-54-56(43)61(49-30-13-16-33-53(49)62(54)51-31-14-9-23-41(51)42-24-10-15-32-52(42)62)59-47-28-18-27-46-57(47)60(50(36-38)55(44)59)48-29-12-11-26-45(48)58(46,39-19-5-3-6-20-39)40-21-7-4-8-22-40/h3-37H,1-2H3. The Morgan fingerprint density at radius 1 is 0.435 bits per heavy atom. The fraction of sp³-hybridized carbons (Fsp3) is 0.0690. The van der Waals surface area contributed by atoms with Crippen molar-refractivity contribution in [2.75, 3.05) is 9.71 Å². The predicted octanol–water partition coefficient (Wildman–Crippen LogP) is 9.88. The van der Waals surface area contributed by atoms with E-state index in [2.05, 4.69) is 230 Å². The third-order valence-electron chi connectivity index (χ3n) is 15.1. The van der Waals surface area contributed by atoms with E-state index in [0.717, 1.165) is 0 Å². The predicted molar refractivity (Wildman–Crippen MR) is 262 cm³/mol. The molecule has 0 atom stereocenters. The molecule has 14 rings (SSSR count). The zero-order valence-electron chi connectivity index (χ0n) is 34.7. The largest absolute Gasteiger partial charge is 0.376 e. The highest BCUT2D eigenvalue weighted by atomic mass is 28.3. The van der Waals surface area contributed by atoms with Crippen LogP contribution in [0.25, 0.3) is 22.3 Å². The van der Waals surface area contributed by atoms with Gasteiger partial charge in [-0.3, -0.25) is 0 Å². The summed E-state index contributed by atoms with van der Waals surface area (Å²) in [5.74, 6) is 0.340. The summed E-state index contributed by atoms with van der Waals surface area (Å²) in [6.45, 7) is 4.65. The van der Waals surface area contributed by atoms with E-state index in [4.69, 9.17) is 0 Å². The number of hydrogen-bond donors (Lipinski definition) is 0. The molecule has 5 aliphatic rings. The topological polar surface area (TPSA) is 6.48 Å². The fourth-order valence-corrected chi connectivity index (χ4v) is 18.4. The highest BCUT2D eigenvalue weighted by Crippen LogP contribution is 2.59. The molecule has 9 aromatic carbocycles. The smallest absolute Gasteiger partial charge is 0.333 e. The summed E-state index contributed by atoms with van der Waals surface area (Å²) in [6, 6.07) is 79.5. The lowest BCUT2D eigenvalue weighted by atomic mass is 9.42. The van der Waals surface area contributed by atoms with Crippen molar-refractivity contribution in [1.29, 1.82) is 0 Å². The van der Waals surface area contributed by atoms with Crippen LogP contribution in [0, 0.1) is 0 Å². The molecule has 0 N–H and O–H groups in total. The van der Waals surface area contributed by atoms with Crippen LogP contribution in [-0.2, 0) is 5.41 Å². The van der Waals surface area contributed by atoms with Crippen molar-refractivity contribution >= 4 is 75.0 Å². The van der Waals surface area contributed by atoms with Crippen LogP contribution in [0.4, 0.5) is 28.4 Å². The molecule has 5 aliphatic heterocycles. The van der Waals surface area contributed by atoms with Gasteiger partial charge in [-0.15, -0.1) is 0 Å². The Labute approximate surface area is 364 Å². The van der Waals surface area contributed by atoms with Crippen LogP contribution in [0.5, 0.6) is 0 Å². The quantitative estimate of drug-likeness (QED) is 0.164. The molecule has 0 radical (unpaired) electrons. The number of para-hydroxylation sites is 4. The van der Waals surface area contributed by atoms with Crippen molar-refractivity contribution in [3.8, 4) is 22.3 Å². The highest BCUT2D eigenvalue weighted by Gasteiger charge is 2.59. The summed E-state index contributed by atoms with van der Waals surface area (Å²) >= 11 is 0. The van der Waals surface area contributed by atoms with Crippen LogP contribution < -0.4 is 41.4 Å². The molecule has 2 nitrogen and oxygen atoms in total. The van der Waals surface area contributed by atoms with Crippen molar-refractivity contribution in [3.05, 3.63) is 234 Å². The van der Waals surface area contributed by atoms with Crippen molar-refractivity contribution < 1.29 is 0 Å². The fourth-order valence-electron chi connectivity index (χ4n) is 12.8. The third-order valence-corrected chi connectivity index (χ3v) is 20.0. The minimum Gasteiger partial charge on any atom is -0.376 e. The summed E-state index contributed by atoms with van der Waals surface area (Å²) in [4.78, 5) is 5.46. The van der Waals surface area contributed by atoms with Crippen molar-refractivity contribution in [2.24, 2.45) is 0 Å². The molecule has 0 aromatic heterocycles. The van der Waals surface area contributed by atoms with Gasteiger partial charge in [0.2, 0.25) is 0 Å². The van der Waals surface area contributed by atoms with E-state index in [-0.39, 0.29) is 6.85 Å². The molecule has 1 spiro atoms. The van der Waals surface area contributed by atoms with Gasteiger partial charge in [-0.2, -0.15) is 0 Å². The normalized spacial score (nSPS) is 15.6. The molecule has 0 saturated carbocycles. The molecular weight excluding hydrogens is 764 g/mol. The summed E-state index contributed by atoms with van der Waals surface area (Å²) in [5, 5.41) is 5.98. The second-order valence-electron chi connectivity index (χ2n) is 18.1. The maximum atomic E-state index is 2.79. The average Bonchev–Trinajstić information content (AvgIpc) is 3.63. The molecule has 62 heavy (non-hydrogen) atoms. The Kier molecular flexibility index (Phi) is 6.83. The summed E-state index contributed by atoms with van der Waals surface area (Å²) in [7, 11) is -2.77. The minimum absolute atomic E-state index is 0.0602. The Bertz CT molecular complexity index is 3290. The van der Waals surface area contributed by atoms with Crippen molar-refractivity contribution in [3.63, 3.8) is 0 Å². The molecule has 4 heteroatoms. The van der Waals surface area contributed by atoms with E-state index in [0.29, 0.717) is 5.92 Å². The molecule has 290 valence electrons. The van der Waals surface area contributed by atoms with Gasteiger partial charge in [0.05, 0.1) is 11.1 Å². The lowest BCUT2D eigenvalue weighted by Gasteiger charge is -2.54. The maximum absolute atomic E-state index is 2.79. The number of hydrogen-bond acceptors (Lipinski definition) is 2. The first-order valence-electron chi connectivity index (χ1n) is 22.2. The van der Waals surface area contributed by atoms with E-state index in [1.54, 1.807) is 0 Å². The van der Waals surface area contributed by atoms with E-state index in [9.17, 15) is 0 Å². The van der Waals surface area contributed by atoms with Gasteiger partial charge in [0, 0.05) is 28.3 Å². The van der Waals surface area contributed by atoms with E-state index in [1.165, 1.54) is 110 Å².